The van der Waals surface area contributed by atoms with Crippen LogP contribution in [0.25, 0.3) is 0 Å². The van der Waals surface area contributed by atoms with Gasteiger partial charge < -0.3 is 47.4 Å². The van der Waals surface area contributed by atoms with Gasteiger partial charge in [-0.2, -0.15) is 0 Å². The van der Waals surface area contributed by atoms with Crippen LogP contribution in [0, 0.1) is 0 Å². The molecule has 0 aromatic rings. The molecule has 0 amide bonds. The summed E-state index contributed by atoms with van der Waals surface area (Å²) in [5, 5.41) is 0. The molecule has 4 aliphatic rings. The lowest BCUT2D eigenvalue weighted by atomic mass is 9.77. The van der Waals surface area contributed by atoms with Gasteiger partial charge in [0.25, 0.3) is 0 Å². The summed E-state index contributed by atoms with van der Waals surface area (Å²) in [4.78, 5) is 36.6. The molecule has 4 aliphatic heterocycles. The summed E-state index contributed by atoms with van der Waals surface area (Å²) >= 11 is 0. The topological polar surface area (TPSA) is 144 Å². The van der Waals surface area contributed by atoms with Crippen molar-refractivity contribution in [2.24, 2.45) is 0 Å². The van der Waals surface area contributed by atoms with Crippen LogP contribution in [0.2, 0.25) is 0 Å². The molecule has 0 bridgehead atoms. The first-order valence-corrected chi connectivity index (χ1v) is 11.7. The average molecular weight is 519 g/mol. The van der Waals surface area contributed by atoms with Gasteiger partial charge in [-0.1, -0.05) is 0 Å². The van der Waals surface area contributed by atoms with Gasteiger partial charge in [0.2, 0.25) is 0 Å². The van der Waals surface area contributed by atoms with E-state index < -0.39 is 84.3 Å². The number of hydrogen-bond acceptors (Lipinski definition) is 13. The Morgan fingerprint density at radius 1 is 0.750 bits per heavy atom. The number of methoxy groups -OCH3 is 1. The third kappa shape index (κ3) is 4.85. The van der Waals surface area contributed by atoms with Crippen molar-refractivity contribution in [1.82, 2.24) is 0 Å². The Morgan fingerprint density at radius 3 is 1.89 bits per heavy atom. The van der Waals surface area contributed by atoms with Crippen LogP contribution in [0.1, 0.15) is 48.5 Å². The highest BCUT2D eigenvalue weighted by Gasteiger charge is 2.76. The predicted molar refractivity (Wildman–Crippen MR) is 115 cm³/mol. The van der Waals surface area contributed by atoms with Crippen molar-refractivity contribution < 1.29 is 61.8 Å². The molecule has 36 heavy (non-hydrogen) atoms. The fourth-order valence-electron chi connectivity index (χ4n) is 5.32. The molecule has 0 saturated carbocycles. The highest BCUT2D eigenvalue weighted by atomic mass is 16.9. The van der Waals surface area contributed by atoms with E-state index in [1.807, 2.05) is 0 Å². The predicted octanol–water partition coefficient (Wildman–Crippen LogP) is 0.551. The van der Waals surface area contributed by atoms with Gasteiger partial charge in [0.15, 0.2) is 48.1 Å². The molecule has 4 rings (SSSR count). The second kappa shape index (κ2) is 9.46. The maximum absolute atomic E-state index is 12.4. The largest absolute Gasteiger partial charge is 0.455 e. The van der Waals surface area contributed by atoms with Gasteiger partial charge in [0.05, 0.1) is 6.61 Å². The summed E-state index contributed by atoms with van der Waals surface area (Å²) < 4.78 is 59.2. The van der Waals surface area contributed by atoms with E-state index >= 15 is 0 Å². The van der Waals surface area contributed by atoms with Crippen molar-refractivity contribution in [3.63, 3.8) is 0 Å². The summed E-state index contributed by atoms with van der Waals surface area (Å²) in [5.41, 5.74) is -1.68. The zero-order chi connectivity index (χ0) is 26.6. The van der Waals surface area contributed by atoms with Crippen LogP contribution in [0.5, 0.6) is 0 Å². The highest BCUT2D eigenvalue weighted by molar-refractivity contribution is 5.68. The van der Waals surface area contributed by atoms with Gasteiger partial charge >= 0.3 is 17.9 Å². The van der Waals surface area contributed by atoms with Crippen LogP contribution in [0.15, 0.2) is 0 Å². The molecule has 13 nitrogen and oxygen atoms in total. The number of ether oxygens (including phenoxy) is 10. The molecule has 0 aromatic carbocycles. The smallest absolute Gasteiger partial charge is 0.303 e. The lowest BCUT2D eigenvalue weighted by Gasteiger charge is -2.52. The summed E-state index contributed by atoms with van der Waals surface area (Å²) in [6.07, 6.45) is -8.93. The molecule has 0 aromatic heterocycles. The average Bonchev–Trinajstić information content (AvgIpc) is 3.34. The summed E-state index contributed by atoms with van der Waals surface area (Å²) in [6, 6.07) is 0. The Morgan fingerprint density at radius 2 is 1.36 bits per heavy atom. The Balaban J connectivity index is 1.87. The molecule has 1 spiro atoms. The number of carbonyl (C=O) groups excluding carboxylic acids is 3. The number of esters is 3. The maximum atomic E-state index is 12.4. The molecular formula is C23H34O13. The summed E-state index contributed by atoms with van der Waals surface area (Å²) in [5.74, 6) is -4.13. The van der Waals surface area contributed by atoms with Crippen molar-refractivity contribution in [2.75, 3.05) is 13.7 Å². The SMILES string of the molecule is CO[C@@H]1O[C@]2([C@H](OC(C)=O)[C@@H](OC(C)=O)[C@H]1OC(C)=O)[C@@H]([C@H]1COC(C)(C)O1)O[C@@H]1OC(C)(C)O[C@@H]12. The first-order valence-electron chi connectivity index (χ1n) is 11.7. The van der Waals surface area contributed by atoms with Crippen molar-refractivity contribution >= 4 is 17.9 Å². The fourth-order valence-corrected chi connectivity index (χ4v) is 5.32. The van der Waals surface area contributed by atoms with Gasteiger partial charge in [0.1, 0.15) is 18.3 Å². The number of carbonyl (C=O) groups is 3. The lowest BCUT2D eigenvalue weighted by molar-refractivity contribution is -0.364. The molecular weight excluding hydrogens is 484 g/mol. The van der Waals surface area contributed by atoms with Gasteiger partial charge in [-0.15, -0.1) is 0 Å². The minimum absolute atomic E-state index is 0.113. The van der Waals surface area contributed by atoms with E-state index in [0.717, 1.165) is 0 Å². The monoisotopic (exact) mass is 518 g/mol. The fraction of sp³-hybridized carbons (Fsp3) is 0.870. The number of hydrogen-bond donors (Lipinski definition) is 0. The molecule has 204 valence electrons. The van der Waals surface area contributed by atoms with Crippen LogP contribution < -0.4 is 0 Å². The van der Waals surface area contributed by atoms with Crippen LogP contribution in [-0.4, -0.2) is 98.0 Å². The van der Waals surface area contributed by atoms with E-state index in [2.05, 4.69) is 0 Å². The number of rotatable bonds is 5. The molecule has 0 unspecified atom stereocenters. The molecule has 13 heteroatoms. The molecule has 4 heterocycles. The Bertz CT molecular complexity index is 887. The van der Waals surface area contributed by atoms with Gasteiger partial charge in [-0.3, -0.25) is 14.4 Å². The van der Waals surface area contributed by atoms with Crippen LogP contribution in [0.3, 0.4) is 0 Å². The van der Waals surface area contributed by atoms with Gasteiger partial charge in [-0.05, 0) is 27.7 Å². The van der Waals surface area contributed by atoms with E-state index in [1.165, 1.54) is 27.9 Å². The molecule has 0 N–H and O–H groups in total. The van der Waals surface area contributed by atoms with Crippen molar-refractivity contribution in [3.05, 3.63) is 0 Å². The minimum Gasteiger partial charge on any atom is -0.455 e. The zero-order valence-corrected chi connectivity index (χ0v) is 21.6. The Labute approximate surface area is 208 Å². The number of fused-ring (bicyclic) bond motifs is 2. The van der Waals surface area contributed by atoms with Crippen molar-refractivity contribution in [1.29, 1.82) is 0 Å². The molecule has 4 saturated heterocycles. The van der Waals surface area contributed by atoms with E-state index in [0.29, 0.717) is 0 Å². The van der Waals surface area contributed by atoms with Crippen molar-refractivity contribution in [3.8, 4) is 0 Å². The molecule has 0 radical (unpaired) electrons. The van der Waals surface area contributed by atoms with E-state index in [9.17, 15) is 14.4 Å². The Kier molecular flexibility index (Phi) is 7.14. The summed E-state index contributed by atoms with van der Waals surface area (Å²) in [7, 11) is 1.34. The lowest BCUT2D eigenvalue weighted by Crippen LogP contribution is -2.75. The van der Waals surface area contributed by atoms with Crippen molar-refractivity contribution in [2.45, 2.75) is 115 Å². The van der Waals surface area contributed by atoms with E-state index in [-0.39, 0.29) is 6.61 Å². The second-order valence-electron chi connectivity index (χ2n) is 10.1. The zero-order valence-electron chi connectivity index (χ0n) is 21.6. The standard InChI is InChI=1S/C23H34O13/c1-10(24)29-14-15(30-11(2)25)19(27-8)36-23(17(14)31-12(3)26)16(13-9-28-21(4,5)33-13)32-20-18(23)34-22(6,7)35-20/h13-20H,9H2,1-8H3/t13-,14+,15-,16-,17-,18+,19-,20-,23+/m1/s1. The van der Waals surface area contributed by atoms with Gasteiger partial charge in [0, 0.05) is 27.9 Å². The van der Waals surface area contributed by atoms with Gasteiger partial charge in [-0.25, -0.2) is 0 Å². The van der Waals surface area contributed by atoms with Crippen LogP contribution >= 0.6 is 0 Å². The van der Waals surface area contributed by atoms with Crippen LogP contribution in [-0.2, 0) is 61.8 Å². The molecule has 9 atom stereocenters. The third-order valence-corrected chi connectivity index (χ3v) is 6.38. The second-order valence-corrected chi connectivity index (χ2v) is 10.1. The first-order chi connectivity index (χ1) is 16.7. The molecule has 4 fully saturated rings. The maximum Gasteiger partial charge on any atom is 0.303 e. The first kappa shape index (κ1) is 27.2. The minimum atomic E-state index is -1.68. The highest BCUT2D eigenvalue weighted by Crippen LogP contribution is 2.53. The Hall–Kier alpha value is -1.87. The summed E-state index contributed by atoms with van der Waals surface area (Å²) in [6.45, 7) is 10.5. The normalized spacial score (nSPS) is 42.7. The third-order valence-electron chi connectivity index (χ3n) is 6.38. The van der Waals surface area contributed by atoms with E-state index in [4.69, 9.17) is 47.4 Å². The quantitative estimate of drug-likeness (QED) is 0.369. The van der Waals surface area contributed by atoms with Crippen LogP contribution in [0.4, 0.5) is 0 Å². The molecule has 0 aliphatic carbocycles. The van der Waals surface area contributed by atoms with E-state index in [1.54, 1.807) is 27.7 Å².